The van der Waals surface area contributed by atoms with Gasteiger partial charge in [-0.05, 0) is 20.3 Å². The van der Waals surface area contributed by atoms with Crippen LogP contribution in [0, 0.1) is 0 Å². The van der Waals surface area contributed by atoms with E-state index in [9.17, 15) is 14.4 Å². The van der Waals surface area contributed by atoms with Crippen molar-refractivity contribution < 1.29 is 19.5 Å². The lowest BCUT2D eigenvalue weighted by atomic mass is 10.1. The summed E-state index contributed by atoms with van der Waals surface area (Å²) in [4.78, 5) is 35.8. The fourth-order valence-electron chi connectivity index (χ4n) is 1.66. The van der Waals surface area contributed by atoms with Crippen LogP contribution in [0.1, 0.15) is 27.2 Å². The van der Waals surface area contributed by atoms with Crippen LogP contribution in [0.5, 0.6) is 0 Å². The molecule has 0 aromatic heterocycles. The Bertz CT molecular complexity index is 363. The molecular weight excluding hydrogens is 238 g/mol. The van der Waals surface area contributed by atoms with Crippen molar-refractivity contribution in [3.05, 3.63) is 0 Å². The molecule has 0 aromatic rings. The van der Waals surface area contributed by atoms with Crippen molar-refractivity contribution in [3.63, 3.8) is 0 Å². The Kier molecular flexibility index (Phi) is 4.28. The Balaban J connectivity index is 2.60. The summed E-state index contributed by atoms with van der Waals surface area (Å²) >= 11 is 0. The van der Waals surface area contributed by atoms with E-state index in [2.05, 4.69) is 10.6 Å². The third-order valence-electron chi connectivity index (χ3n) is 2.82. The summed E-state index contributed by atoms with van der Waals surface area (Å²) in [7, 11) is 0. The van der Waals surface area contributed by atoms with Crippen LogP contribution in [-0.2, 0) is 9.59 Å². The number of hydrogen-bond donors (Lipinski definition) is 3. The molecule has 0 bridgehead atoms. The number of carbonyl (C=O) groups excluding carboxylic acids is 3. The Hall–Kier alpha value is -1.63. The van der Waals surface area contributed by atoms with Crippen molar-refractivity contribution in [1.29, 1.82) is 0 Å². The third-order valence-corrected chi connectivity index (χ3v) is 2.82. The topological polar surface area (TPSA) is 98.7 Å². The molecule has 0 spiro atoms. The molecule has 18 heavy (non-hydrogen) atoms. The van der Waals surface area contributed by atoms with Gasteiger partial charge in [-0.3, -0.25) is 14.5 Å². The Morgan fingerprint density at radius 3 is 2.50 bits per heavy atom. The summed E-state index contributed by atoms with van der Waals surface area (Å²) in [6.45, 7) is 4.47. The van der Waals surface area contributed by atoms with Crippen LogP contribution in [0.15, 0.2) is 0 Å². The highest BCUT2D eigenvalue weighted by Gasteiger charge is 2.44. The van der Waals surface area contributed by atoms with E-state index in [-0.39, 0.29) is 19.2 Å². The molecule has 1 aliphatic rings. The highest BCUT2D eigenvalue weighted by molar-refractivity contribution is 6.08. The number of nitrogens with one attached hydrogen (secondary N) is 2. The minimum absolute atomic E-state index is 0.173. The lowest BCUT2D eigenvalue weighted by Gasteiger charge is -2.18. The Morgan fingerprint density at radius 1 is 1.50 bits per heavy atom. The number of imide groups is 1. The predicted octanol–water partition coefficient (Wildman–Crippen LogP) is -0.796. The maximum atomic E-state index is 11.8. The standard InChI is InChI=1S/C11H19N3O4/c1-4-7(6-15)12-8(16)5-14-9(17)11(2,3)13-10(14)18/h7,15H,4-6H2,1-3H3,(H,12,16)(H,13,18)/t7-/m0/s1. The van der Waals surface area contributed by atoms with E-state index in [1.807, 2.05) is 6.92 Å². The normalized spacial score (nSPS) is 19.7. The van der Waals surface area contributed by atoms with Crippen LogP contribution in [0.25, 0.3) is 0 Å². The number of aliphatic hydroxyl groups excluding tert-OH is 1. The van der Waals surface area contributed by atoms with E-state index in [0.29, 0.717) is 6.42 Å². The molecule has 7 nitrogen and oxygen atoms in total. The van der Waals surface area contributed by atoms with Gasteiger partial charge in [0.2, 0.25) is 5.91 Å². The average Bonchev–Trinajstić information content (AvgIpc) is 2.48. The first-order valence-electron chi connectivity index (χ1n) is 5.86. The molecule has 102 valence electrons. The molecule has 0 aliphatic carbocycles. The SMILES string of the molecule is CC[C@@H](CO)NC(=O)CN1C(=O)NC(C)(C)C1=O. The predicted molar refractivity (Wildman–Crippen MR) is 63.6 cm³/mol. The van der Waals surface area contributed by atoms with Crippen molar-refractivity contribution >= 4 is 17.8 Å². The highest BCUT2D eigenvalue weighted by atomic mass is 16.3. The van der Waals surface area contributed by atoms with Crippen molar-refractivity contribution in [1.82, 2.24) is 15.5 Å². The van der Waals surface area contributed by atoms with Gasteiger partial charge in [-0.15, -0.1) is 0 Å². The second-order valence-electron chi connectivity index (χ2n) is 4.80. The van der Waals surface area contributed by atoms with Gasteiger partial charge in [0.05, 0.1) is 12.6 Å². The lowest BCUT2D eigenvalue weighted by molar-refractivity contribution is -0.134. The van der Waals surface area contributed by atoms with Gasteiger partial charge in [-0.2, -0.15) is 0 Å². The molecule has 1 heterocycles. The van der Waals surface area contributed by atoms with Crippen molar-refractivity contribution in [2.24, 2.45) is 0 Å². The number of rotatable bonds is 5. The fourth-order valence-corrected chi connectivity index (χ4v) is 1.66. The van der Waals surface area contributed by atoms with E-state index >= 15 is 0 Å². The van der Waals surface area contributed by atoms with Gasteiger partial charge in [0, 0.05) is 0 Å². The molecule has 0 radical (unpaired) electrons. The first-order chi connectivity index (χ1) is 8.31. The number of aliphatic hydroxyl groups is 1. The number of hydrogen-bond acceptors (Lipinski definition) is 4. The molecule has 1 fully saturated rings. The fraction of sp³-hybridized carbons (Fsp3) is 0.727. The van der Waals surface area contributed by atoms with Crippen LogP contribution in [0.2, 0.25) is 0 Å². The second kappa shape index (κ2) is 5.34. The summed E-state index contributed by atoms with van der Waals surface area (Å²) in [5.41, 5.74) is -0.974. The van der Waals surface area contributed by atoms with Crippen molar-refractivity contribution in [2.75, 3.05) is 13.2 Å². The average molecular weight is 257 g/mol. The summed E-state index contributed by atoms with van der Waals surface area (Å²) in [6, 6.07) is -0.927. The van der Waals surface area contributed by atoms with Crippen LogP contribution in [0.4, 0.5) is 4.79 Å². The Labute approximate surface area is 106 Å². The minimum atomic E-state index is -0.974. The van der Waals surface area contributed by atoms with Crippen LogP contribution < -0.4 is 10.6 Å². The van der Waals surface area contributed by atoms with Crippen LogP contribution >= 0.6 is 0 Å². The van der Waals surface area contributed by atoms with E-state index in [1.54, 1.807) is 13.8 Å². The summed E-state index contributed by atoms with van der Waals surface area (Å²) in [5, 5.41) is 14.0. The molecule has 1 rings (SSSR count). The molecule has 1 atom stereocenters. The lowest BCUT2D eigenvalue weighted by Crippen LogP contribution is -2.46. The zero-order chi connectivity index (χ0) is 13.9. The van der Waals surface area contributed by atoms with E-state index < -0.39 is 23.4 Å². The number of urea groups is 1. The second-order valence-corrected chi connectivity index (χ2v) is 4.80. The van der Waals surface area contributed by atoms with Crippen LogP contribution in [0.3, 0.4) is 0 Å². The molecule has 0 unspecified atom stereocenters. The van der Waals surface area contributed by atoms with E-state index in [0.717, 1.165) is 4.90 Å². The summed E-state index contributed by atoms with van der Waals surface area (Å²) in [6.07, 6.45) is 0.577. The highest BCUT2D eigenvalue weighted by Crippen LogP contribution is 2.15. The molecule has 0 saturated carbocycles. The minimum Gasteiger partial charge on any atom is -0.394 e. The summed E-state index contributed by atoms with van der Waals surface area (Å²) in [5.74, 6) is -0.892. The first kappa shape index (κ1) is 14.4. The maximum Gasteiger partial charge on any atom is 0.325 e. The van der Waals surface area contributed by atoms with Gasteiger partial charge in [0.1, 0.15) is 12.1 Å². The third kappa shape index (κ3) is 2.98. The van der Waals surface area contributed by atoms with E-state index in [4.69, 9.17) is 5.11 Å². The summed E-state index contributed by atoms with van der Waals surface area (Å²) < 4.78 is 0. The molecule has 7 heteroatoms. The van der Waals surface area contributed by atoms with E-state index in [1.165, 1.54) is 0 Å². The monoisotopic (exact) mass is 257 g/mol. The maximum absolute atomic E-state index is 11.8. The molecule has 0 aromatic carbocycles. The van der Waals surface area contributed by atoms with Crippen molar-refractivity contribution in [3.8, 4) is 0 Å². The largest absolute Gasteiger partial charge is 0.394 e. The smallest absolute Gasteiger partial charge is 0.325 e. The van der Waals surface area contributed by atoms with Gasteiger partial charge >= 0.3 is 6.03 Å². The Morgan fingerprint density at radius 2 is 2.11 bits per heavy atom. The quantitative estimate of drug-likeness (QED) is 0.562. The zero-order valence-corrected chi connectivity index (χ0v) is 10.8. The van der Waals surface area contributed by atoms with Gasteiger partial charge in [-0.25, -0.2) is 4.79 Å². The molecule has 4 amide bonds. The van der Waals surface area contributed by atoms with Gasteiger partial charge in [0.15, 0.2) is 0 Å². The molecule has 1 saturated heterocycles. The number of nitrogens with zero attached hydrogens (tertiary/aromatic N) is 1. The molecular formula is C11H19N3O4. The van der Waals surface area contributed by atoms with Gasteiger partial charge < -0.3 is 15.7 Å². The number of amides is 4. The van der Waals surface area contributed by atoms with Crippen LogP contribution in [-0.4, -0.2) is 52.6 Å². The molecule has 1 aliphatic heterocycles. The van der Waals surface area contributed by atoms with Gasteiger partial charge in [-0.1, -0.05) is 6.92 Å². The zero-order valence-electron chi connectivity index (χ0n) is 10.8. The number of carbonyl (C=O) groups is 3. The first-order valence-corrected chi connectivity index (χ1v) is 5.86. The van der Waals surface area contributed by atoms with Gasteiger partial charge in [0.25, 0.3) is 5.91 Å². The van der Waals surface area contributed by atoms with Crippen molar-refractivity contribution in [2.45, 2.75) is 38.8 Å². The molecule has 3 N–H and O–H groups in total.